The van der Waals surface area contributed by atoms with E-state index in [0.717, 1.165) is 19.0 Å². The van der Waals surface area contributed by atoms with Gasteiger partial charge < -0.3 is 10.0 Å². The lowest BCUT2D eigenvalue weighted by atomic mass is 9.94. The maximum Gasteiger partial charge on any atom is 0.303 e. The fourth-order valence-corrected chi connectivity index (χ4v) is 2.84. The van der Waals surface area contributed by atoms with Crippen LogP contribution in [0.15, 0.2) is 0 Å². The van der Waals surface area contributed by atoms with Gasteiger partial charge in [0.2, 0.25) is 0 Å². The van der Waals surface area contributed by atoms with Gasteiger partial charge in [-0.2, -0.15) is 0 Å². The highest BCUT2D eigenvalue weighted by atomic mass is 16.4. The fraction of sp³-hybridized carbons (Fsp3) is 0.929. The molecular weight excluding hydrogens is 214 g/mol. The molecule has 2 unspecified atom stereocenters. The summed E-state index contributed by atoms with van der Waals surface area (Å²) in [5.74, 6) is -0.0513. The minimum absolute atomic E-state index is 0.334. The van der Waals surface area contributed by atoms with Gasteiger partial charge in [0.1, 0.15) is 0 Å². The zero-order valence-corrected chi connectivity index (χ0v) is 11.3. The Hall–Kier alpha value is -0.570. The second-order valence-electron chi connectivity index (χ2n) is 5.40. The maximum atomic E-state index is 10.6. The lowest BCUT2D eigenvalue weighted by Crippen LogP contribution is -2.29. The van der Waals surface area contributed by atoms with Gasteiger partial charge in [0.15, 0.2) is 0 Å². The number of hydrogen-bond donors (Lipinski definition) is 1. The Balaban J connectivity index is 2.25. The molecule has 1 aliphatic rings. The summed E-state index contributed by atoms with van der Waals surface area (Å²) in [7, 11) is 0. The van der Waals surface area contributed by atoms with Gasteiger partial charge >= 0.3 is 5.97 Å². The monoisotopic (exact) mass is 241 g/mol. The van der Waals surface area contributed by atoms with Crippen LogP contribution in [0, 0.1) is 5.92 Å². The Morgan fingerprint density at radius 2 is 2.18 bits per heavy atom. The molecule has 0 saturated carbocycles. The number of rotatable bonds is 8. The van der Waals surface area contributed by atoms with Crippen molar-refractivity contribution in [2.24, 2.45) is 5.92 Å². The highest BCUT2D eigenvalue weighted by Gasteiger charge is 2.21. The Kier molecular flexibility index (Phi) is 6.56. The highest BCUT2D eigenvalue weighted by Crippen LogP contribution is 2.22. The smallest absolute Gasteiger partial charge is 0.303 e. The van der Waals surface area contributed by atoms with Crippen LogP contribution in [0.2, 0.25) is 0 Å². The first-order valence-electron chi connectivity index (χ1n) is 7.09. The molecule has 0 spiro atoms. The average Bonchev–Trinajstić information content (AvgIpc) is 2.68. The maximum absolute atomic E-state index is 10.6. The molecule has 1 N–H and O–H groups in total. The first-order valence-corrected chi connectivity index (χ1v) is 7.09. The van der Waals surface area contributed by atoms with Crippen LogP contribution < -0.4 is 0 Å². The second kappa shape index (κ2) is 7.70. The molecule has 1 heterocycles. The number of hydrogen-bond acceptors (Lipinski definition) is 2. The first kappa shape index (κ1) is 14.5. The third-order valence-electron chi connectivity index (χ3n) is 3.98. The third-order valence-corrected chi connectivity index (χ3v) is 3.98. The van der Waals surface area contributed by atoms with Crippen LogP contribution in [-0.2, 0) is 4.79 Å². The largest absolute Gasteiger partial charge is 0.481 e. The van der Waals surface area contributed by atoms with E-state index in [9.17, 15) is 4.79 Å². The Morgan fingerprint density at radius 1 is 1.41 bits per heavy atom. The van der Waals surface area contributed by atoms with Crippen LogP contribution in [0.25, 0.3) is 0 Å². The zero-order chi connectivity index (χ0) is 12.7. The quantitative estimate of drug-likeness (QED) is 0.709. The van der Waals surface area contributed by atoms with Crippen molar-refractivity contribution in [1.29, 1.82) is 0 Å². The molecule has 1 fully saturated rings. The van der Waals surface area contributed by atoms with Crippen LogP contribution >= 0.6 is 0 Å². The van der Waals surface area contributed by atoms with E-state index in [2.05, 4.69) is 18.7 Å². The topological polar surface area (TPSA) is 40.5 Å². The van der Waals surface area contributed by atoms with Crippen molar-refractivity contribution in [3.8, 4) is 0 Å². The number of nitrogens with zero attached hydrogens (tertiary/aromatic N) is 1. The summed E-state index contributed by atoms with van der Waals surface area (Å²) in [6.07, 6.45) is 7.36. The summed E-state index contributed by atoms with van der Waals surface area (Å²) in [5, 5.41) is 8.74. The lowest BCUT2D eigenvalue weighted by molar-refractivity contribution is -0.137. The predicted octanol–water partition coefficient (Wildman–Crippen LogP) is 3.14. The van der Waals surface area contributed by atoms with Gasteiger partial charge in [-0.1, -0.05) is 19.8 Å². The average molecular weight is 241 g/mol. The van der Waals surface area contributed by atoms with Crippen molar-refractivity contribution in [3.05, 3.63) is 0 Å². The lowest BCUT2D eigenvalue weighted by Gasteiger charge is -2.24. The molecule has 100 valence electrons. The molecule has 1 saturated heterocycles. The summed E-state index contributed by atoms with van der Waals surface area (Å²) in [6.45, 7) is 6.88. The van der Waals surface area contributed by atoms with Crippen molar-refractivity contribution >= 4 is 5.97 Å². The molecule has 3 heteroatoms. The number of likely N-dealkylation sites (tertiary alicyclic amines) is 1. The van der Waals surface area contributed by atoms with E-state index in [1.54, 1.807) is 0 Å². The molecule has 0 aromatic heterocycles. The highest BCUT2D eigenvalue weighted by molar-refractivity contribution is 5.66. The van der Waals surface area contributed by atoms with E-state index in [1.165, 1.54) is 38.6 Å². The van der Waals surface area contributed by atoms with Gasteiger partial charge in [-0.15, -0.1) is 0 Å². The summed E-state index contributed by atoms with van der Waals surface area (Å²) in [5.41, 5.74) is 0. The van der Waals surface area contributed by atoms with Crippen molar-refractivity contribution in [1.82, 2.24) is 4.90 Å². The second-order valence-corrected chi connectivity index (χ2v) is 5.40. The van der Waals surface area contributed by atoms with E-state index in [0.29, 0.717) is 12.3 Å². The third kappa shape index (κ3) is 5.53. The molecule has 0 aliphatic carbocycles. The number of carboxylic acid groups (broad SMARTS) is 1. The van der Waals surface area contributed by atoms with Crippen molar-refractivity contribution in [2.75, 3.05) is 13.1 Å². The van der Waals surface area contributed by atoms with Gasteiger partial charge in [0, 0.05) is 12.5 Å². The fourth-order valence-electron chi connectivity index (χ4n) is 2.84. The summed E-state index contributed by atoms with van der Waals surface area (Å²) in [6, 6.07) is 0.733. The molecule has 0 amide bonds. The Bertz CT molecular complexity index is 230. The Morgan fingerprint density at radius 3 is 2.71 bits per heavy atom. The zero-order valence-electron chi connectivity index (χ0n) is 11.3. The minimum atomic E-state index is -0.652. The molecule has 0 bridgehead atoms. The molecule has 0 radical (unpaired) electrons. The van der Waals surface area contributed by atoms with E-state index in [-0.39, 0.29) is 0 Å². The van der Waals surface area contributed by atoms with Crippen LogP contribution in [0.5, 0.6) is 0 Å². The van der Waals surface area contributed by atoms with Crippen LogP contribution in [0.3, 0.4) is 0 Å². The van der Waals surface area contributed by atoms with Gasteiger partial charge in [-0.25, -0.2) is 0 Å². The van der Waals surface area contributed by atoms with E-state index in [4.69, 9.17) is 5.11 Å². The van der Waals surface area contributed by atoms with Crippen LogP contribution in [-0.4, -0.2) is 35.1 Å². The van der Waals surface area contributed by atoms with Crippen molar-refractivity contribution in [2.45, 2.75) is 64.8 Å². The summed E-state index contributed by atoms with van der Waals surface area (Å²) < 4.78 is 0. The van der Waals surface area contributed by atoms with E-state index >= 15 is 0 Å². The van der Waals surface area contributed by atoms with Gasteiger partial charge in [0.25, 0.3) is 0 Å². The standard InChI is InChI=1S/C14H27NO2/c1-3-5-13(7-8-14(16)17)9-11-15-10-4-6-12(15)2/h12-13H,3-11H2,1-2H3,(H,16,17). The number of aliphatic carboxylic acids is 1. The van der Waals surface area contributed by atoms with Gasteiger partial charge in [0.05, 0.1) is 0 Å². The molecule has 2 atom stereocenters. The summed E-state index contributed by atoms with van der Waals surface area (Å²) >= 11 is 0. The van der Waals surface area contributed by atoms with Crippen LogP contribution in [0.1, 0.15) is 58.8 Å². The predicted molar refractivity (Wildman–Crippen MR) is 70.2 cm³/mol. The molecule has 1 rings (SSSR count). The van der Waals surface area contributed by atoms with Crippen molar-refractivity contribution < 1.29 is 9.90 Å². The molecule has 3 nitrogen and oxygen atoms in total. The molecule has 0 aromatic rings. The van der Waals surface area contributed by atoms with E-state index < -0.39 is 5.97 Å². The number of carbonyl (C=O) groups is 1. The summed E-state index contributed by atoms with van der Waals surface area (Å²) in [4.78, 5) is 13.2. The molecular formula is C14H27NO2. The minimum Gasteiger partial charge on any atom is -0.481 e. The van der Waals surface area contributed by atoms with Crippen molar-refractivity contribution in [3.63, 3.8) is 0 Å². The number of carboxylic acids is 1. The Labute approximate surface area is 105 Å². The SMILES string of the molecule is CCCC(CCC(=O)O)CCN1CCCC1C. The molecule has 1 aliphatic heterocycles. The van der Waals surface area contributed by atoms with Gasteiger partial charge in [-0.3, -0.25) is 4.79 Å². The van der Waals surface area contributed by atoms with E-state index in [1.807, 2.05) is 0 Å². The van der Waals surface area contributed by atoms with Crippen LogP contribution in [0.4, 0.5) is 0 Å². The molecule has 17 heavy (non-hydrogen) atoms. The van der Waals surface area contributed by atoms with Gasteiger partial charge in [-0.05, 0) is 51.6 Å². The molecule has 0 aromatic carbocycles. The normalized spacial score (nSPS) is 22.8. The first-order chi connectivity index (χ1) is 8.13.